The lowest BCUT2D eigenvalue weighted by Gasteiger charge is -2.31. The molecule has 0 aliphatic carbocycles. The highest BCUT2D eigenvalue weighted by Gasteiger charge is 2.18. The molecule has 1 fully saturated rings. The SMILES string of the molecule is CCC1CCN(Cc2cc(Br)c(O)c(Br)c2)CC1. The number of aromatic hydroxyl groups is 1. The Hall–Kier alpha value is -0.0600. The predicted octanol–water partition coefficient (Wildman–Crippen LogP) is 4.54. The summed E-state index contributed by atoms with van der Waals surface area (Å²) in [5.74, 6) is 1.20. The maximum absolute atomic E-state index is 9.70. The van der Waals surface area contributed by atoms with Gasteiger partial charge in [-0.15, -0.1) is 0 Å². The van der Waals surface area contributed by atoms with Crippen molar-refractivity contribution in [1.29, 1.82) is 0 Å². The standard InChI is InChI=1S/C14H19Br2NO/c1-2-10-3-5-17(6-4-10)9-11-7-12(15)14(18)13(16)8-11/h7-8,10,18H,2-6,9H2,1H3. The summed E-state index contributed by atoms with van der Waals surface area (Å²) in [4.78, 5) is 2.50. The fourth-order valence-electron chi connectivity index (χ4n) is 2.52. The van der Waals surface area contributed by atoms with E-state index in [2.05, 4.69) is 43.7 Å². The molecular weight excluding hydrogens is 358 g/mol. The highest BCUT2D eigenvalue weighted by atomic mass is 79.9. The normalized spacial score (nSPS) is 18.2. The van der Waals surface area contributed by atoms with Gasteiger partial charge in [0.05, 0.1) is 8.95 Å². The third-order valence-electron chi connectivity index (χ3n) is 3.77. The largest absolute Gasteiger partial charge is 0.506 e. The Balaban J connectivity index is 1.98. The fourth-order valence-corrected chi connectivity index (χ4v) is 3.80. The molecule has 0 radical (unpaired) electrons. The molecule has 2 rings (SSSR count). The van der Waals surface area contributed by atoms with Crippen molar-refractivity contribution in [2.45, 2.75) is 32.7 Å². The van der Waals surface area contributed by atoms with Crippen LogP contribution in [0.1, 0.15) is 31.7 Å². The molecule has 1 aliphatic heterocycles. The lowest BCUT2D eigenvalue weighted by molar-refractivity contribution is 0.175. The summed E-state index contributed by atoms with van der Waals surface area (Å²) in [5, 5.41) is 9.70. The van der Waals surface area contributed by atoms with Crippen LogP contribution in [0.25, 0.3) is 0 Å². The summed E-state index contributed by atoms with van der Waals surface area (Å²) >= 11 is 6.77. The van der Waals surface area contributed by atoms with E-state index in [1.165, 1.54) is 37.9 Å². The molecule has 1 aliphatic rings. The van der Waals surface area contributed by atoms with Gasteiger partial charge in [-0.3, -0.25) is 4.90 Å². The molecule has 100 valence electrons. The van der Waals surface area contributed by atoms with Crippen LogP contribution in [0.2, 0.25) is 0 Å². The number of piperidine rings is 1. The van der Waals surface area contributed by atoms with Gasteiger partial charge in [-0.2, -0.15) is 0 Å². The molecule has 0 aromatic heterocycles. The molecule has 1 N–H and O–H groups in total. The lowest BCUT2D eigenvalue weighted by Crippen LogP contribution is -2.33. The highest BCUT2D eigenvalue weighted by molar-refractivity contribution is 9.11. The van der Waals surface area contributed by atoms with E-state index >= 15 is 0 Å². The average Bonchev–Trinajstić information content (AvgIpc) is 2.37. The van der Waals surface area contributed by atoms with E-state index in [1.54, 1.807) is 0 Å². The van der Waals surface area contributed by atoms with Gasteiger partial charge in [0.1, 0.15) is 5.75 Å². The van der Waals surface area contributed by atoms with Crippen LogP contribution in [0.3, 0.4) is 0 Å². The Bertz CT molecular complexity index is 391. The van der Waals surface area contributed by atoms with E-state index in [9.17, 15) is 5.11 Å². The molecule has 0 bridgehead atoms. The van der Waals surface area contributed by atoms with Gasteiger partial charge in [0.2, 0.25) is 0 Å². The van der Waals surface area contributed by atoms with Gasteiger partial charge in [0, 0.05) is 6.54 Å². The van der Waals surface area contributed by atoms with Crippen molar-refractivity contribution >= 4 is 31.9 Å². The maximum Gasteiger partial charge on any atom is 0.143 e. The fraction of sp³-hybridized carbons (Fsp3) is 0.571. The molecule has 0 atom stereocenters. The zero-order valence-corrected chi connectivity index (χ0v) is 13.8. The Labute approximate surface area is 126 Å². The lowest BCUT2D eigenvalue weighted by atomic mass is 9.94. The van der Waals surface area contributed by atoms with Crippen LogP contribution in [0.4, 0.5) is 0 Å². The molecular formula is C14H19Br2NO. The first-order chi connectivity index (χ1) is 8.60. The summed E-state index contributed by atoms with van der Waals surface area (Å²) in [6.45, 7) is 5.63. The molecule has 0 saturated carbocycles. The second-order valence-electron chi connectivity index (χ2n) is 5.04. The smallest absolute Gasteiger partial charge is 0.143 e. The number of benzene rings is 1. The number of hydrogen-bond donors (Lipinski definition) is 1. The molecule has 1 aromatic carbocycles. The Morgan fingerprint density at radius 3 is 2.28 bits per heavy atom. The van der Waals surface area contributed by atoms with Crippen LogP contribution < -0.4 is 0 Å². The van der Waals surface area contributed by atoms with Gasteiger partial charge in [-0.25, -0.2) is 0 Å². The minimum Gasteiger partial charge on any atom is -0.506 e. The minimum atomic E-state index is 0.281. The van der Waals surface area contributed by atoms with Crippen molar-refractivity contribution in [2.24, 2.45) is 5.92 Å². The van der Waals surface area contributed by atoms with Gasteiger partial charge >= 0.3 is 0 Å². The van der Waals surface area contributed by atoms with Crippen LogP contribution in [0.5, 0.6) is 5.75 Å². The van der Waals surface area contributed by atoms with Crippen LogP contribution in [0.15, 0.2) is 21.1 Å². The van der Waals surface area contributed by atoms with Crippen molar-refractivity contribution in [1.82, 2.24) is 4.90 Å². The van der Waals surface area contributed by atoms with E-state index in [0.29, 0.717) is 0 Å². The third-order valence-corrected chi connectivity index (χ3v) is 4.98. The molecule has 0 unspecified atom stereocenters. The van der Waals surface area contributed by atoms with Crippen LogP contribution in [-0.4, -0.2) is 23.1 Å². The Morgan fingerprint density at radius 2 is 1.78 bits per heavy atom. The van der Waals surface area contributed by atoms with E-state index in [1.807, 2.05) is 12.1 Å². The first kappa shape index (κ1) is 14.4. The molecule has 1 aromatic rings. The summed E-state index contributed by atoms with van der Waals surface area (Å²) in [7, 11) is 0. The molecule has 1 saturated heterocycles. The van der Waals surface area contributed by atoms with E-state index < -0.39 is 0 Å². The average molecular weight is 377 g/mol. The number of halogens is 2. The van der Waals surface area contributed by atoms with Gasteiger partial charge in [-0.1, -0.05) is 13.3 Å². The summed E-state index contributed by atoms with van der Waals surface area (Å²) in [6, 6.07) is 4.01. The summed E-state index contributed by atoms with van der Waals surface area (Å²) < 4.78 is 1.52. The van der Waals surface area contributed by atoms with Crippen molar-refractivity contribution in [3.63, 3.8) is 0 Å². The highest BCUT2D eigenvalue weighted by Crippen LogP contribution is 2.34. The number of hydrogen-bond acceptors (Lipinski definition) is 2. The van der Waals surface area contributed by atoms with Gasteiger partial charge < -0.3 is 5.11 Å². The van der Waals surface area contributed by atoms with Crippen LogP contribution in [0, 0.1) is 5.92 Å². The zero-order chi connectivity index (χ0) is 13.1. The summed E-state index contributed by atoms with van der Waals surface area (Å²) in [6.07, 6.45) is 3.94. The zero-order valence-electron chi connectivity index (χ0n) is 10.6. The van der Waals surface area contributed by atoms with Gasteiger partial charge in [0.25, 0.3) is 0 Å². The third kappa shape index (κ3) is 3.49. The van der Waals surface area contributed by atoms with Gasteiger partial charge in [0.15, 0.2) is 0 Å². The van der Waals surface area contributed by atoms with E-state index in [-0.39, 0.29) is 5.75 Å². The van der Waals surface area contributed by atoms with Crippen LogP contribution in [-0.2, 0) is 6.54 Å². The molecule has 2 nitrogen and oxygen atoms in total. The first-order valence-corrected chi connectivity index (χ1v) is 8.08. The van der Waals surface area contributed by atoms with Crippen molar-refractivity contribution in [3.05, 3.63) is 26.6 Å². The molecule has 1 heterocycles. The number of phenols is 1. The molecule has 4 heteroatoms. The number of rotatable bonds is 3. The van der Waals surface area contributed by atoms with Crippen LogP contribution >= 0.6 is 31.9 Å². The van der Waals surface area contributed by atoms with Crippen molar-refractivity contribution in [2.75, 3.05) is 13.1 Å². The summed E-state index contributed by atoms with van der Waals surface area (Å²) in [5.41, 5.74) is 1.24. The molecule has 18 heavy (non-hydrogen) atoms. The number of likely N-dealkylation sites (tertiary alicyclic amines) is 1. The van der Waals surface area contributed by atoms with Gasteiger partial charge in [-0.05, 0) is 81.4 Å². The second kappa shape index (κ2) is 6.40. The van der Waals surface area contributed by atoms with Crippen molar-refractivity contribution in [3.8, 4) is 5.75 Å². The van der Waals surface area contributed by atoms with E-state index in [4.69, 9.17) is 0 Å². The quantitative estimate of drug-likeness (QED) is 0.836. The number of nitrogens with zero attached hydrogens (tertiary/aromatic N) is 1. The number of phenolic OH excluding ortho intramolecular Hbond substituents is 1. The minimum absolute atomic E-state index is 0.281. The van der Waals surface area contributed by atoms with E-state index in [0.717, 1.165) is 21.4 Å². The Morgan fingerprint density at radius 1 is 1.22 bits per heavy atom. The van der Waals surface area contributed by atoms with Crippen molar-refractivity contribution < 1.29 is 5.11 Å². The Kier molecular flexibility index (Phi) is 5.10. The topological polar surface area (TPSA) is 23.5 Å². The predicted molar refractivity (Wildman–Crippen MR) is 81.8 cm³/mol. The maximum atomic E-state index is 9.70. The molecule has 0 amide bonds. The second-order valence-corrected chi connectivity index (χ2v) is 6.74. The molecule has 0 spiro atoms. The monoisotopic (exact) mass is 375 g/mol. The first-order valence-electron chi connectivity index (χ1n) is 6.49.